The molecule has 2 aromatic rings. The van der Waals surface area contributed by atoms with Crippen LogP contribution >= 0.6 is 23.1 Å². The van der Waals surface area contributed by atoms with Crippen LogP contribution in [0.5, 0.6) is 0 Å². The number of fused-ring (bicyclic) bond motifs is 1. The highest BCUT2D eigenvalue weighted by Crippen LogP contribution is 2.39. The van der Waals surface area contributed by atoms with E-state index in [2.05, 4.69) is 15.3 Å². The molecule has 27 heavy (non-hydrogen) atoms. The Morgan fingerprint density at radius 1 is 1.44 bits per heavy atom. The summed E-state index contributed by atoms with van der Waals surface area (Å²) in [7, 11) is 0. The van der Waals surface area contributed by atoms with E-state index >= 15 is 0 Å². The molecular weight excluding hydrogens is 388 g/mol. The molecule has 0 radical (unpaired) electrons. The molecule has 0 saturated heterocycles. The molecule has 0 unspecified atom stereocenters. The number of hydrogen-bond acceptors (Lipinski definition) is 8. The minimum atomic E-state index is -0.386. The second-order valence-electron chi connectivity index (χ2n) is 5.90. The van der Waals surface area contributed by atoms with Crippen LogP contribution in [0, 0.1) is 0 Å². The molecule has 1 amide bonds. The Morgan fingerprint density at radius 2 is 2.26 bits per heavy atom. The van der Waals surface area contributed by atoms with Crippen LogP contribution in [0.3, 0.4) is 0 Å². The molecule has 0 aliphatic heterocycles. The van der Waals surface area contributed by atoms with Crippen LogP contribution in [0.1, 0.15) is 40.6 Å². The van der Waals surface area contributed by atoms with Crippen molar-refractivity contribution in [3.63, 3.8) is 0 Å². The second kappa shape index (κ2) is 8.57. The Labute approximate surface area is 163 Å². The van der Waals surface area contributed by atoms with Gasteiger partial charge in [0, 0.05) is 23.1 Å². The molecule has 0 saturated carbocycles. The maximum Gasteiger partial charge on any atom is 0.341 e. The quantitative estimate of drug-likeness (QED) is 0.364. The predicted octanol–water partition coefficient (Wildman–Crippen LogP) is 2.20. The summed E-state index contributed by atoms with van der Waals surface area (Å²) in [5, 5.41) is 3.77. The van der Waals surface area contributed by atoms with Gasteiger partial charge < -0.3 is 20.8 Å². The fourth-order valence-corrected chi connectivity index (χ4v) is 4.98. The number of hydrogen-bond donors (Lipinski definition) is 3. The first-order valence-corrected chi connectivity index (χ1v) is 10.4. The Kier molecular flexibility index (Phi) is 6.17. The number of thioether (sulfide) groups is 1. The summed E-state index contributed by atoms with van der Waals surface area (Å²) in [6.07, 6.45) is 2.98. The van der Waals surface area contributed by atoms with E-state index in [0.717, 1.165) is 29.7 Å². The molecule has 144 valence electrons. The SMILES string of the molecule is CCOC(=O)c1c(NC(=O)CCSc2nc(N)cc(=O)[nH]2)sc2c1CCC2. The van der Waals surface area contributed by atoms with Crippen molar-refractivity contribution in [3.8, 4) is 0 Å². The summed E-state index contributed by atoms with van der Waals surface area (Å²) >= 11 is 2.68. The number of aromatic nitrogens is 2. The van der Waals surface area contributed by atoms with Crippen molar-refractivity contribution in [3.05, 3.63) is 32.4 Å². The minimum Gasteiger partial charge on any atom is -0.462 e. The van der Waals surface area contributed by atoms with Gasteiger partial charge in [-0.3, -0.25) is 9.59 Å². The summed E-state index contributed by atoms with van der Waals surface area (Å²) in [6, 6.07) is 1.20. The van der Waals surface area contributed by atoms with Crippen molar-refractivity contribution in [1.29, 1.82) is 0 Å². The van der Waals surface area contributed by atoms with Gasteiger partial charge in [0.25, 0.3) is 5.56 Å². The minimum absolute atomic E-state index is 0.137. The van der Waals surface area contributed by atoms with E-state index in [1.807, 2.05) is 0 Å². The van der Waals surface area contributed by atoms with Crippen molar-refractivity contribution < 1.29 is 14.3 Å². The van der Waals surface area contributed by atoms with Crippen LogP contribution < -0.4 is 16.6 Å². The highest BCUT2D eigenvalue weighted by atomic mass is 32.2. The predicted molar refractivity (Wildman–Crippen MR) is 106 cm³/mol. The first-order valence-electron chi connectivity index (χ1n) is 8.59. The number of nitrogens with one attached hydrogen (secondary N) is 2. The number of aryl methyl sites for hydroxylation is 1. The average Bonchev–Trinajstić information content (AvgIpc) is 3.14. The topological polar surface area (TPSA) is 127 Å². The van der Waals surface area contributed by atoms with Gasteiger partial charge in [0.1, 0.15) is 10.8 Å². The number of carbonyl (C=O) groups excluding carboxylic acids is 2. The fourth-order valence-electron chi connectivity index (χ4n) is 2.86. The highest BCUT2D eigenvalue weighted by Gasteiger charge is 2.28. The van der Waals surface area contributed by atoms with Gasteiger partial charge in [-0.1, -0.05) is 11.8 Å². The van der Waals surface area contributed by atoms with Gasteiger partial charge in [0.15, 0.2) is 5.16 Å². The number of ether oxygens (including phenoxy) is 1. The van der Waals surface area contributed by atoms with Crippen LogP contribution in [0.25, 0.3) is 0 Å². The Hall–Kier alpha value is -2.33. The van der Waals surface area contributed by atoms with Crippen molar-refractivity contribution in [1.82, 2.24) is 9.97 Å². The third-order valence-electron chi connectivity index (χ3n) is 3.96. The Bertz CT molecular complexity index is 922. The maximum absolute atomic E-state index is 12.3. The van der Waals surface area contributed by atoms with E-state index < -0.39 is 0 Å². The molecule has 3 rings (SSSR count). The number of nitrogen functional groups attached to an aromatic ring is 1. The van der Waals surface area contributed by atoms with Crippen LogP contribution in [0.2, 0.25) is 0 Å². The molecule has 8 nitrogen and oxygen atoms in total. The van der Waals surface area contributed by atoms with Crippen LogP contribution in [-0.4, -0.2) is 34.2 Å². The van der Waals surface area contributed by atoms with Crippen molar-refractivity contribution >= 4 is 45.8 Å². The van der Waals surface area contributed by atoms with Crippen LogP contribution in [0.15, 0.2) is 16.0 Å². The van der Waals surface area contributed by atoms with E-state index in [1.165, 1.54) is 29.2 Å². The molecule has 1 aliphatic rings. The molecule has 0 aromatic carbocycles. The molecular formula is C17H20N4O4S2. The van der Waals surface area contributed by atoms with Gasteiger partial charge in [-0.2, -0.15) is 0 Å². The lowest BCUT2D eigenvalue weighted by molar-refractivity contribution is -0.115. The van der Waals surface area contributed by atoms with E-state index in [4.69, 9.17) is 10.5 Å². The summed E-state index contributed by atoms with van der Waals surface area (Å²) in [5.41, 5.74) is 6.70. The first-order chi connectivity index (χ1) is 13.0. The van der Waals surface area contributed by atoms with Gasteiger partial charge in [-0.25, -0.2) is 9.78 Å². The smallest absolute Gasteiger partial charge is 0.341 e. The number of H-pyrrole nitrogens is 1. The number of rotatable bonds is 7. The van der Waals surface area contributed by atoms with Crippen LogP contribution in [-0.2, 0) is 22.4 Å². The van der Waals surface area contributed by atoms with E-state index in [-0.39, 0.29) is 29.7 Å². The standard InChI is InChI=1S/C17H20N4O4S2/c1-2-25-16(24)14-9-4-3-5-10(9)27-15(14)20-12(22)6-7-26-17-19-11(18)8-13(23)21-17/h8H,2-7H2,1H3,(H,20,22)(H3,18,19,21,23). The monoisotopic (exact) mass is 408 g/mol. The second-order valence-corrected chi connectivity index (χ2v) is 8.09. The molecule has 2 heterocycles. The molecule has 0 atom stereocenters. The first kappa shape index (κ1) is 19.4. The number of thiophene rings is 1. The van der Waals surface area contributed by atoms with E-state index in [9.17, 15) is 14.4 Å². The third kappa shape index (κ3) is 4.69. The van der Waals surface area contributed by atoms with Gasteiger partial charge in [-0.15, -0.1) is 11.3 Å². The zero-order valence-electron chi connectivity index (χ0n) is 14.8. The highest BCUT2D eigenvalue weighted by molar-refractivity contribution is 7.99. The number of amides is 1. The Morgan fingerprint density at radius 3 is 3.00 bits per heavy atom. The lowest BCUT2D eigenvalue weighted by atomic mass is 10.1. The van der Waals surface area contributed by atoms with Crippen molar-refractivity contribution in [2.24, 2.45) is 0 Å². The lowest BCUT2D eigenvalue weighted by Crippen LogP contribution is -2.15. The summed E-state index contributed by atoms with van der Waals surface area (Å²) in [5.74, 6) is -0.0434. The number of carbonyl (C=O) groups is 2. The zero-order valence-corrected chi connectivity index (χ0v) is 16.4. The third-order valence-corrected chi connectivity index (χ3v) is 6.04. The fraction of sp³-hybridized carbons (Fsp3) is 0.412. The molecule has 2 aromatic heterocycles. The Balaban J connectivity index is 1.62. The van der Waals surface area contributed by atoms with Gasteiger partial charge in [0.2, 0.25) is 5.91 Å². The zero-order chi connectivity index (χ0) is 19.4. The summed E-state index contributed by atoms with van der Waals surface area (Å²) in [6.45, 7) is 2.05. The largest absolute Gasteiger partial charge is 0.462 e. The summed E-state index contributed by atoms with van der Waals surface area (Å²) in [4.78, 5) is 43.7. The number of nitrogens with two attached hydrogens (primary N) is 1. The van der Waals surface area contributed by atoms with Gasteiger partial charge >= 0.3 is 5.97 Å². The average molecular weight is 409 g/mol. The maximum atomic E-state index is 12.3. The van der Waals surface area contributed by atoms with Crippen LogP contribution in [0.4, 0.5) is 10.8 Å². The number of aromatic amines is 1. The molecule has 0 fully saturated rings. The normalized spacial score (nSPS) is 12.6. The molecule has 1 aliphatic carbocycles. The molecule has 10 heteroatoms. The van der Waals surface area contributed by atoms with E-state index in [1.54, 1.807) is 6.92 Å². The number of esters is 1. The van der Waals surface area contributed by atoms with Gasteiger partial charge in [-0.05, 0) is 31.7 Å². The van der Waals surface area contributed by atoms with Crippen molar-refractivity contribution in [2.45, 2.75) is 37.8 Å². The molecule has 4 N–H and O–H groups in total. The molecule has 0 spiro atoms. The number of nitrogens with zero attached hydrogens (tertiary/aromatic N) is 1. The summed E-state index contributed by atoms with van der Waals surface area (Å²) < 4.78 is 5.15. The van der Waals surface area contributed by atoms with Gasteiger partial charge in [0.05, 0.1) is 12.2 Å². The van der Waals surface area contributed by atoms with Crippen molar-refractivity contribution in [2.75, 3.05) is 23.4 Å². The van der Waals surface area contributed by atoms with E-state index in [0.29, 0.717) is 28.1 Å². The lowest BCUT2D eigenvalue weighted by Gasteiger charge is -2.08. The number of anilines is 2. The molecule has 0 bridgehead atoms.